The van der Waals surface area contributed by atoms with E-state index in [1.165, 1.54) is 0 Å². The molecule has 2 aromatic carbocycles. The Morgan fingerprint density at radius 2 is 1.77 bits per heavy atom. The molecule has 1 atom stereocenters. The molecule has 6 nitrogen and oxygen atoms in total. The lowest BCUT2D eigenvalue weighted by molar-refractivity contribution is 0.259. The molecule has 138 valence electrons. The SMILES string of the molecule is C=C(N)/N=C(/N)N(CCCOc1ccccc1Cl)C(N)c1ccccc1. The highest BCUT2D eigenvalue weighted by molar-refractivity contribution is 6.32. The molecule has 0 aromatic heterocycles. The maximum absolute atomic E-state index is 6.37. The molecule has 0 radical (unpaired) electrons. The third-order valence-corrected chi connectivity index (χ3v) is 3.98. The number of halogens is 1. The van der Waals surface area contributed by atoms with E-state index in [-0.39, 0.29) is 11.8 Å². The number of guanidine groups is 1. The van der Waals surface area contributed by atoms with Crippen molar-refractivity contribution >= 4 is 17.6 Å². The van der Waals surface area contributed by atoms with Crippen molar-refractivity contribution in [2.24, 2.45) is 22.2 Å². The van der Waals surface area contributed by atoms with Crippen molar-refractivity contribution in [2.45, 2.75) is 12.6 Å². The molecular formula is C19H24ClN5O. The summed E-state index contributed by atoms with van der Waals surface area (Å²) in [5.74, 6) is 0.983. The summed E-state index contributed by atoms with van der Waals surface area (Å²) < 4.78 is 5.71. The number of para-hydroxylation sites is 1. The predicted molar refractivity (Wildman–Crippen MR) is 107 cm³/mol. The molecule has 0 aliphatic rings. The largest absolute Gasteiger partial charge is 0.492 e. The number of ether oxygens (including phenoxy) is 1. The fourth-order valence-corrected chi connectivity index (χ4v) is 2.61. The summed E-state index contributed by atoms with van der Waals surface area (Å²) in [6.07, 6.45) is 0.207. The molecule has 2 rings (SSSR count). The first-order valence-electron chi connectivity index (χ1n) is 8.22. The monoisotopic (exact) mass is 373 g/mol. The number of hydrogen-bond donors (Lipinski definition) is 3. The van der Waals surface area contributed by atoms with E-state index in [9.17, 15) is 0 Å². The molecule has 0 saturated carbocycles. The van der Waals surface area contributed by atoms with Crippen LogP contribution in [0.2, 0.25) is 5.02 Å². The lowest BCUT2D eigenvalue weighted by Gasteiger charge is -2.30. The first-order chi connectivity index (χ1) is 12.5. The van der Waals surface area contributed by atoms with Crippen LogP contribution in [0.15, 0.2) is 72.0 Å². The molecule has 0 bridgehead atoms. The highest BCUT2D eigenvalue weighted by atomic mass is 35.5. The minimum atomic E-state index is -0.459. The van der Waals surface area contributed by atoms with Gasteiger partial charge in [0.15, 0.2) is 5.96 Å². The fraction of sp³-hybridized carbons (Fsp3) is 0.211. The molecule has 0 aliphatic heterocycles. The number of benzene rings is 2. The van der Waals surface area contributed by atoms with Gasteiger partial charge in [-0.05, 0) is 24.1 Å². The Bertz CT molecular complexity index is 751. The van der Waals surface area contributed by atoms with Gasteiger partial charge < -0.3 is 26.8 Å². The van der Waals surface area contributed by atoms with Crippen LogP contribution in [-0.2, 0) is 0 Å². The molecule has 0 amide bonds. The summed E-state index contributed by atoms with van der Waals surface area (Å²) in [5.41, 5.74) is 18.9. The molecule has 0 aliphatic carbocycles. The highest BCUT2D eigenvalue weighted by Crippen LogP contribution is 2.23. The summed E-state index contributed by atoms with van der Waals surface area (Å²) in [7, 11) is 0. The first-order valence-corrected chi connectivity index (χ1v) is 8.60. The van der Waals surface area contributed by atoms with Gasteiger partial charge in [0.1, 0.15) is 17.7 Å². The summed E-state index contributed by atoms with van der Waals surface area (Å²) in [4.78, 5) is 5.80. The fourth-order valence-electron chi connectivity index (χ4n) is 2.42. The van der Waals surface area contributed by atoms with E-state index >= 15 is 0 Å². The van der Waals surface area contributed by atoms with Crippen LogP contribution < -0.4 is 21.9 Å². The highest BCUT2D eigenvalue weighted by Gasteiger charge is 2.18. The Kier molecular flexibility index (Phi) is 7.32. The van der Waals surface area contributed by atoms with E-state index in [1.54, 1.807) is 11.0 Å². The van der Waals surface area contributed by atoms with Crippen LogP contribution >= 0.6 is 11.6 Å². The average molecular weight is 374 g/mol. The molecule has 0 spiro atoms. The zero-order valence-electron chi connectivity index (χ0n) is 14.5. The van der Waals surface area contributed by atoms with E-state index < -0.39 is 6.17 Å². The minimum Gasteiger partial charge on any atom is -0.492 e. The smallest absolute Gasteiger partial charge is 0.199 e. The molecule has 2 aromatic rings. The standard InChI is InChI=1S/C19H24ClN5O/c1-14(21)24-19(23)25(18(22)15-8-3-2-4-9-15)12-7-13-26-17-11-6-5-10-16(17)20/h2-6,8-11,18H,1,7,12-13,21-22H2,(H2,23,24). The van der Waals surface area contributed by atoms with Gasteiger partial charge in [-0.25, -0.2) is 0 Å². The molecule has 26 heavy (non-hydrogen) atoms. The molecule has 1 unspecified atom stereocenters. The first kappa shape index (κ1) is 19.6. The Balaban J connectivity index is 2.02. The summed E-state index contributed by atoms with van der Waals surface area (Å²) >= 11 is 6.09. The molecular weight excluding hydrogens is 350 g/mol. The molecule has 0 saturated heterocycles. The Hall–Kier alpha value is -2.70. The van der Waals surface area contributed by atoms with Gasteiger partial charge in [0, 0.05) is 6.54 Å². The van der Waals surface area contributed by atoms with Crippen LogP contribution in [0.1, 0.15) is 18.2 Å². The van der Waals surface area contributed by atoms with Gasteiger partial charge in [-0.2, -0.15) is 4.99 Å². The Morgan fingerprint density at radius 3 is 2.42 bits per heavy atom. The average Bonchev–Trinajstić information content (AvgIpc) is 2.62. The van der Waals surface area contributed by atoms with E-state index in [1.807, 2.05) is 48.5 Å². The van der Waals surface area contributed by atoms with Crippen LogP contribution in [0.4, 0.5) is 0 Å². The van der Waals surface area contributed by atoms with E-state index in [0.717, 1.165) is 5.56 Å². The van der Waals surface area contributed by atoms with Gasteiger partial charge in [-0.1, -0.05) is 60.6 Å². The quantitative estimate of drug-likeness (QED) is 0.286. The van der Waals surface area contributed by atoms with Crippen molar-refractivity contribution in [3.05, 3.63) is 77.6 Å². The van der Waals surface area contributed by atoms with Gasteiger partial charge in [0.25, 0.3) is 0 Å². The van der Waals surface area contributed by atoms with E-state index in [4.69, 9.17) is 33.5 Å². The maximum atomic E-state index is 6.37. The van der Waals surface area contributed by atoms with Gasteiger partial charge in [-0.15, -0.1) is 0 Å². The molecule has 6 N–H and O–H groups in total. The number of aliphatic imine (C=N–C) groups is 1. The van der Waals surface area contributed by atoms with Crippen molar-refractivity contribution in [1.82, 2.24) is 4.90 Å². The van der Waals surface area contributed by atoms with Gasteiger partial charge in [0.2, 0.25) is 0 Å². The lowest BCUT2D eigenvalue weighted by Crippen LogP contribution is -2.44. The number of nitrogens with two attached hydrogens (primary N) is 3. The molecule has 7 heteroatoms. The Morgan fingerprint density at radius 1 is 1.12 bits per heavy atom. The summed E-state index contributed by atoms with van der Waals surface area (Å²) in [5, 5.41) is 0.575. The normalized spacial score (nSPS) is 12.5. The lowest BCUT2D eigenvalue weighted by atomic mass is 10.1. The second kappa shape index (κ2) is 9.70. The number of nitrogens with zero attached hydrogens (tertiary/aromatic N) is 2. The zero-order valence-corrected chi connectivity index (χ0v) is 15.3. The third-order valence-electron chi connectivity index (χ3n) is 3.67. The molecule has 0 heterocycles. The maximum Gasteiger partial charge on any atom is 0.199 e. The zero-order chi connectivity index (χ0) is 18.9. The molecule has 0 fully saturated rings. The second-order valence-electron chi connectivity index (χ2n) is 5.64. The summed E-state index contributed by atoms with van der Waals surface area (Å²) in [6.45, 7) is 4.55. The van der Waals surface area contributed by atoms with Gasteiger partial charge in [-0.3, -0.25) is 0 Å². The topological polar surface area (TPSA) is 103 Å². The number of rotatable bonds is 8. The predicted octanol–water partition coefficient (Wildman–Crippen LogP) is 2.81. The van der Waals surface area contributed by atoms with E-state index in [0.29, 0.717) is 30.3 Å². The second-order valence-corrected chi connectivity index (χ2v) is 6.05. The van der Waals surface area contributed by atoms with Crippen LogP contribution in [0.25, 0.3) is 0 Å². The van der Waals surface area contributed by atoms with Crippen molar-refractivity contribution in [2.75, 3.05) is 13.2 Å². The van der Waals surface area contributed by atoms with Crippen molar-refractivity contribution in [3.63, 3.8) is 0 Å². The van der Waals surface area contributed by atoms with Crippen LogP contribution in [0.5, 0.6) is 5.75 Å². The van der Waals surface area contributed by atoms with Crippen molar-refractivity contribution < 1.29 is 4.74 Å². The minimum absolute atomic E-state index is 0.125. The van der Waals surface area contributed by atoms with Gasteiger partial charge >= 0.3 is 0 Å². The van der Waals surface area contributed by atoms with E-state index in [2.05, 4.69) is 11.6 Å². The summed E-state index contributed by atoms with van der Waals surface area (Å²) in [6, 6.07) is 17.0. The third kappa shape index (κ3) is 5.68. The van der Waals surface area contributed by atoms with Crippen molar-refractivity contribution in [1.29, 1.82) is 0 Å². The van der Waals surface area contributed by atoms with Gasteiger partial charge in [0.05, 0.1) is 11.6 Å². The van der Waals surface area contributed by atoms with Crippen LogP contribution in [0.3, 0.4) is 0 Å². The number of hydrogen-bond acceptors (Lipinski definition) is 4. The Labute approximate surface area is 158 Å². The van der Waals surface area contributed by atoms with Crippen molar-refractivity contribution in [3.8, 4) is 5.75 Å². The van der Waals surface area contributed by atoms with Crippen LogP contribution in [-0.4, -0.2) is 24.0 Å². The van der Waals surface area contributed by atoms with Crippen LogP contribution in [0, 0.1) is 0 Å².